The summed E-state index contributed by atoms with van der Waals surface area (Å²) in [4.78, 5) is 12.4. The number of hydrogen-bond donors (Lipinski definition) is 1. The molecule has 1 N–H and O–H groups in total. The summed E-state index contributed by atoms with van der Waals surface area (Å²) in [5.41, 5.74) is 3.65. The number of rotatable bonds is 5. The molecule has 0 aliphatic rings. The summed E-state index contributed by atoms with van der Waals surface area (Å²) in [5, 5.41) is 2.94. The van der Waals surface area contributed by atoms with Gasteiger partial charge in [-0.15, -0.1) is 0 Å². The Morgan fingerprint density at radius 3 is 2.35 bits per heavy atom. The third-order valence-electron chi connectivity index (χ3n) is 3.25. The van der Waals surface area contributed by atoms with Gasteiger partial charge in [0.2, 0.25) is 0 Å². The van der Waals surface area contributed by atoms with Crippen LogP contribution in [0.15, 0.2) is 40.9 Å². The predicted octanol–water partition coefficient (Wildman–Crippen LogP) is 5.35. The molecule has 2 aromatic carbocycles. The van der Waals surface area contributed by atoms with E-state index in [9.17, 15) is 4.79 Å². The largest absolute Gasteiger partial charge is 0.492 e. The summed E-state index contributed by atoms with van der Waals surface area (Å²) in [6.07, 6.45) is 0. The highest BCUT2D eigenvalue weighted by Gasteiger charge is 2.10. The zero-order chi connectivity index (χ0) is 17.0. The first kappa shape index (κ1) is 17.5. The number of benzene rings is 2. The minimum Gasteiger partial charge on any atom is -0.492 e. The lowest BCUT2D eigenvalue weighted by Gasteiger charge is -2.12. The summed E-state index contributed by atoms with van der Waals surface area (Å²) < 4.78 is 6.49. The van der Waals surface area contributed by atoms with Crippen LogP contribution in [0.1, 0.15) is 35.3 Å². The van der Waals surface area contributed by atoms with Crippen molar-refractivity contribution < 1.29 is 9.53 Å². The monoisotopic (exact) mass is 375 g/mol. The van der Waals surface area contributed by atoms with Crippen LogP contribution in [0.3, 0.4) is 0 Å². The van der Waals surface area contributed by atoms with Gasteiger partial charge in [-0.25, -0.2) is 0 Å². The first-order chi connectivity index (χ1) is 10.8. The van der Waals surface area contributed by atoms with Crippen molar-refractivity contribution in [1.29, 1.82) is 0 Å². The van der Waals surface area contributed by atoms with Crippen molar-refractivity contribution in [2.24, 2.45) is 5.92 Å². The number of aryl methyl sites for hydroxylation is 2. The van der Waals surface area contributed by atoms with Gasteiger partial charge in [0.05, 0.1) is 11.1 Å². The molecule has 2 rings (SSSR count). The number of halogens is 1. The Morgan fingerprint density at radius 2 is 1.78 bits per heavy atom. The lowest BCUT2D eigenvalue weighted by atomic mass is 10.1. The van der Waals surface area contributed by atoms with E-state index in [0.717, 1.165) is 27.0 Å². The molecular weight excluding hydrogens is 354 g/mol. The molecular formula is C19H22BrNO2. The quantitative estimate of drug-likeness (QED) is 0.764. The van der Waals surface area contributed by atoms with Crippen molar-refractivity contribution in [3.63, 3.8) is 0 Å². The van der Waals surface area contributed by atoms with Crippen LogP contribution >= 0.6 is 15.9 Å². The Labute approximate surface area is 146 Å². The zero-order valence-corrected chi connectivity index (χ0v) is 15.5. The van der Waals surface area contributed by atoms with Crippen molar-refractivity contribution >= 4 is 27.5 Å². The molecule has 4 heteroatoms. The molecule has 3 nitrogen and oxygen atoms in total. The van der Waals surface area contributed by atoms with Crippen LogP contribution in [-0.2, 0) is 0 Å². The number of ether oxygens (including phenoxy) is 1. The number of carbonyl (C=O) groups excluding carboxylic acids is 1. The number of nitrogens with one attached hydrogen (secondary N) is 1. The van der Waals surface area contributed by atoms with Gasteiger partial charge in [-0.05, 0) is 77.2 Å². The van der Waals surface area contributed by atoms with Crippen LogP contribution in [0.2, 0.25) is 0 Å². The van der Waals surface area contributed by atoms with Gasteiger partial charge in [0.1, 0.15) is 5.75 Å². The highest BCUT2D eigenvalue weighted by molar-refractivity contribution is 9.10. The van der Waals surface area contributed by atoms with Crippen LogP contribution in [-0.4, -0.2) is 12.5 Å². The highest BCUT2D eigenvalue weighted by Crippen LogP contribution is 2.27. The molecule has 0 unspecified atom stereocenters. The van der Waals surface area contributed by atoms with Gasteiger partial charge < -0.3 is 10.1 Å². The highest BCUT2D eigenvalue weighted by atomic mass is 79.9. The molecule has 0 fully saturated rings. The molecule has 0 saturated carbocycles. The topological polar surface area (TPSA) is 38.3 Å². The smallest absolute Gasteiger partial charge is 0.255 e. The second kappa shape index (κ2) is 7.64. The second-order valence-corrected chi connectivity index (χ2v) is 7.03. The van der Waals surface area contributed by atoms with Gasteiger partial charge >= 0.3 is 0 Å². The number of carbonyl (C=O) groups is 1. The second-order valence-electron chi connectivity index (χ2n) is 6.18. The van der Waals surface area contributed by atoms with Gasteiger partial charge in [-0.1, -0.05) is 19.9 Å². The Morgan fingerprint density at radius 1 is 1.13 bits per heavy atom. The van der Waals surface area contributed by atoms with E-state index in [-0.39, 0.29) is 5.91 Å². The van der Waals surface area contributed by atoms with Gasteiger partial charge in [0.15, 0.2) is 0 Å². The van der Waals surface area contributed by atoms with E-state index >= 15 is 0 Å². The number of anilines is 1. The maximum atomic E-state index is 12.4. The van der Waals surface area contributed by atoms with Gasteiger partial charge in [-0.2, -0.15) is 0 Å². The number of amides is 1. The molecule has 0 aliphatic heterocycles. The standard InChI is InChI=1S/C19H22BrNO2/c1-12(2)11-23-18-6-5-15(10-17(18)20)19(22)21-16-8-13(3)7-14(4)9-16/h5-10,12H,11H2,1-4H3,(H,21,22). The fraction of sp³-hybridized carbons (Fsp3) is 0.316. The summed E-state index contributed by atoms with van der Waals surface area (Å²) in [5.74, 6) is 1.07. The van der Waals surface area contributed by atoms with E-state index in [0.29, 0.717) is 18.1 Å². The van der Waals surface area contributed by atoms with Crippen LogP contribution < -0.4 is 10.1 Å². The maximum absolute atomic E-state index is 12.4. The van der Waals surface area contributed by atoms with Crippen molar-refractivity contribution in [2.45, 2.75) is 27.7 Å². The van der Waals surface area contributed by atoms with Crippen molar-refractivity contribution in [3.05, 3.63) is 57.6 Å². The van der Waals surface area contributed by atoms with Crippen LogP contribution in [0.25, 0.3) is 0 Å². The van der Waals surface area contributed by atoms with Gasteiger partial charge in [0, 0.05) is 11.3 Å². The minimum absolute atomic E-state index is 0.133. The molecule has 0 saturated heterocycles. The van der Waals surface area contributed by atoms with E-state index in [2.05, 4.69) is 41.2 Å². The van der Waals surface area contributed by atoms with Crippen LogP contribution in [0.4, 0.5) is 5.69 Å². The molecule has 122 valence electrons. The third-order valence-corrected chi connectivity index (χ3v) is 3.87. The molecule has 0 bridgehead atoms. The van der Waals surface area contributed by atoms with E-state index in [1.54, 1.807) is 12.1 Å². The fourth-order valence-electron chi connectivity index (χ4n) is 2.27. The lowest BCUT2D eigenvalue weighted by Crippen LogP contribution is -2.12. The molecule has 0 aromatic heterocycles. The first-order valence-corrected chi connectivity index (χ1v) is 8.46. The Balaban J connectivity index is 2.12. The van der Waals surface area contributed by atoms with E-state index in [4.69, 9.17) is 4.74 Å². The van der Waals surface area contributed by atoms with E-state index in [1.165, 1.54) is 0 Å². The SMILES string of the molecule is Cc1cc(C)cc(NC(=O)c2ccc(OCC(C)C)c(Br)c2)c1. The lowest BCUT2D eigenvalue weighted by molar-refractivity contribution is 0.102. The molecule has 0 radical (unpaired) electrons. The minimum atomic E-state index is -0.133. The van der Waals surface area contributed by atoms with Crippen molar-refractivity contribution in [2.75, 3.05) is 11.9 Å². The maximum Gasteiger partial charge on any atom is 0.255 e. The fourth-order valence-corrected chi connectivity index (χ4v) is 2.76. The molecule has 0 aliphatic carbocycles. The van der Waals surface area contributed by atoms with Gasteiger partial charge in [-0.3, -0.25) is 4.79 Å². The average molecular weight is 376 g/mol. The first-order valence-electron chi connectivity index (χ1n) is 7.67. The molecule has 1 amide bonds. The van der Waals surface area contributed by atoms with Crippen LogP contribution in [0, 0.1) is 19.8 Å². The molecule has 23 heavy (non-hydrogen) atoms. The molecule has 2 aromatic rings. The average Bonchev–Trinajstić information content (AvgIpc) is 2.44. The third kappa shape index (κ3) is 5.10. The molecule has 0 atom stereocenters. The van der Waals surface area contributed by atoms with Gasteiger partial charge in [0.25, 0.3) is 5.91 Å². The normalized spacial score (nSPS) is 10.7. The summed E-state index contributed by atoms with van der Waals surface area (Å²) in [6.45, 7) is 8.87. The molecule has 0 heterocycles. The van der Waals surface area contributed by atoms with E-state index in [1.807, 2.05) is 32.0 Å². The summed E-state index contributed by atoms with van der Waals surface area (Å²) in [7, 11) is 0. The van der Waals surface area contributed by atoms with Crippen molar-refractivity contribution in [1.82, 2.24) is 0 Å². The Hall–Kier alpha value is -1.81. The van der Waals surface area contributed by atoms with E-state index < -0.39 is 0 Å². The zero-order valence-electron chi connectivity index (χ0n) is 13.9. The number of hydrogen-bond acceptors (Lipinski definition) is 2. The summed E-state index contributed by atoms with van der Waals surface area (Å²) >= 11 is 3.47. The van der Waals surface area contributed by atoms with Crippen molar-refractivity contribution in [3.8, 4) is 5.75 Å². The predicted molar refractivity (Wildman–Crippen MR) is 98.3 cm³/mol. The van der Waals surface area contributed by atoms with Crippen LogP contribution in [0.5, 0.6) is 5.75 Å². The Bertz CT molecular complexity index is 690. The Kier molecular flexibility index (Phi) is 5.83. The summed E-state index contributed by atoms with van der Waals surface area (Å²) in [6, 6.07) is 11.4. The molecule has 0 spiro atoms.